The molecule has 1 heterocycles. The minimum absolute atomic E-state index is 0. The van der Waals surface area contributed by atoms with Gasteiger partial charge in [0.25, 0.3) is 0 Å². The van der Waals surface area contributed by atoms with E-state index >= 15 is 0 Å². The third-order valence-corrected chi connectivity index (χ3v) is 5.79. The molecule has 1 N–H and O–H groups in total. The summed E-state index contributed by atoms with van der Waals surface area (Å²) >= 11 is 0. The molecule has 20 heavy (non-hydrogen) atoms. The summed E-state index contributed by atoms with van der Waals surface area (Å²) in [6.45, 7) is 5.18. The van der Waals surface area contributed by atoms with Crippen LogP contribution in [0.2, 0.25) is 0 Å². The van der Waals surface area contributed by atoms with Crippen LogP contribution in [0.4, 0.5) is 0 Å². The largest absolute Gasteiger partial charge is 0.318 e. The van der Waals surface area contributed by atoms with Crippen LogP contribution in [0, 0.1) is 13.8 Å². The van der Waals surface area contributed by atoms with Crippen molar-refractivity contribution in [2.24, 2.45) is 0 Å². The predicted molar refractivity (Wildman–Crippen MR) is 84.0 cm³/mol. The third-order valence-electron chi connectivity index (χ3n) is 3.68. The number of nitrogens with one attached hydrogen (secondary N) is 1. The van der Waals surface area contributed by atoms with Crippen LogP contribution in [0.25, 0.3) is 0 Å². The van der Waals surface area contributed by atoms with Gasteiger partial charge in [-0.05, 0) is 45.4 Å². The summed E-state index contributed by atoms with van der Waals surface area (Å²) in [7, 11) is -1.50. The van der Waals surface area contributed by atoms with E-state index in [0.29, 0.717) is 18.0 Å². The van der Waals surface area contributed by atoms with E-state index in [4.69, 9.17) is 0 Å². The Kier molecular flexibility index (Phi) is 6.01. The number of hydrogen-bond donors (Lipinski definition) is 1. The number of rotatable bonds is 4. The predicted octanol–water partition coefficient (Wildman–Crippen LogP) is 2.10. The van der Waals surface area contributed by atoms with Gasteiger partial charge < -0.3 is 5.32 Å². The van der Waals surface area contributed by atoms with Gasteiger partial charge in [-0.3, -0.25) is 0 Å². The highest BCUT2D eigenvalue weighted by Gasteiger charge is 2.35. The molecule has 0 bridgehead atoms. The van der Waals surface area contributed by atoms with Crippen molar-refractivity contribution in [1.29, 1.82) is 0 Å². The highest BCUT2D eigenvalue weighted by atomic mass is 35.5. The van der Waals surface area contributed by atoms with Gasteiger partial charge in [0.2, 0.25) is 10.0 Å². The molecule has 1 aromatic rings. The number of halogens is 1. The molecule has 1 fully saturated rings. The van der Waals surface area contributed by atoms with Gasteiger partial charge in [0.15, 0.2) is 0 Å². The highest BCUT2D eigenvalue weighted by Crippen LogP contribution is 2.27. The van der Waals surface area contributed by atoms with Gasteiger partial charge in [0.05, 0.1) is 4.90 Å². The molecule has 0 aliphatic carbocycles. The van der Waals surface area contributed by atoms with Crippen molar-refractivity contribution in [3.8, 4) is 0 Å². The summed E-state index contributed by atoms with van der Waals surface area (Å²) in [5, 5.41) is 3.08. The lowest BCUT2D eigenvalue weighted by Gasteiger charge is -2.24. The Morgan fingerprint density at radius 1 is 1.35 bits per heavy atom. The second kappa shape index (κ2) is 6.89. The van der Waals surface area contributed by atoms with Crippen LogP contribution < -0.4 is 5.32 Å². The molecular weight excluding hydrogens is 296 g/mol. The van der Waals surface area contributed by atoms with Crippen molar-refractivity contribution in [2.75, 3.05) is 20.1 Å². The molecule has 1 aromatic carbocycles. The van der Waals surface area contributed by atoms with Crippen molar-refractivity contribution in [3.63, 3.8) is 0 Å². The van der Waals surface area contributed by atoms with Crippen LogP contribution in [0.1, 0.15) is 24.0 Å². The standard InChI is InChI=1S/C14H22N2O2S.ClH/c1-11-6-7-14(12(2)9-11)19(17,18)16-8-4-5-13(16)10-15-3;/h6-7,9,13,15H,4-5,8,10H2,1-3H3;1H. The summed E-state index contributed by atoms with van der Waals surface area (Å²) in [6.07, 6.45) is 1.88. The van der Waals surface area contributed by atoms with E-state index in [0.717, 1.165) is 24.0 Å². The SMILES string of the molecule is CNCC1CCCN1S(=O)(=O)c1ccc(C)cc1C.Cl. The van der Waals surface area contributed by atoms with E-state index in [1.165, 1.54) is 0 Å². The fraction of sp³-hybridized carbons (Fsp3) is 0.571. The molecule has 4 nitrogen and oxygen atoms in total. The van der Waals surface area contributed by atoms with Gasteiger partial charge in [0.1, 0.15) is 0 Å². The Morgan fingerprint density at radius 2 is 2.05 bits per heavy atom. The van der Waals surface area contributed by atoms with Crippen molar-refractivity contribution in [3.05, 3.63) is 29.3 Å². The Morgan fingerprint density at radius 3 is 2.65 bits per heavy atom. The Balaban J connectivity index is 0.00000200. The monoisotopic (exact) mass is 318 g/mol. The molecule has 0 aromatic heterocycles. The smallest absolute Gasteiger partial charge is 0.243 e. The molecule has 0 amide bonds. The number of benzene rings is 1. The molecular formula is C14H23ClN2O2S. The molecule has 1 saturated heterocycles. The van der Waals surface area contributed by atoms with E-state index in [1.807, 2.05) is 33.0 Å². The number of hydrogen-bond acceptors (Lipinski definition) is 3. The lowest BCUT2D eigenvalue weighted by Crippen LogP contribution is -2.40. The zero-order chi connectivity index (χ0) is 14.0. The van der Waals surface area contributed by atoms with Crippen molar-refractivity contribution in [1.82, 2.24) is 9.62 Å². The van der Waals surface area contributed by atoms with Gasteiger partial charge in [-0.2, -0.15) is 4.31 Å². The Hall–Kier alpha value is -0.620. The van der Waals surface area contributed by atoms with E-state index in [2.05, 4.69) is 5.32 Å². The lowest BCUT2D eigenvalue weighted by molar-refractivity contribution is 0.379. The lowest BCUT2D eigenvalue weighted by atomic mass is 10.2. The number of nitrogens with zero attached hydrogens (tertiary/aromatic N) is 1. The Bertz CT molecular complexity index is 560. The fourth-order valence-corrected chi connectivity index (χ4v) is 4.68. The first kappa shape index (κ1) is 17.4. The molecule has 1 aliphatic heterocycles. The molecule has 1 atom stereocenters. The second-order valence-corrected chi connectivity index (χ2v) is 7.10. The number of sulfonamides is 1. The molecule has 0 spiro atoms. The van der Waals surface area contributed by atoms with Crippen molar-refractivity contribution >= 4 is 22.4 Å². The fourth-order valence-electron chi connectivity index (χ4n) is 2.78. The topological polar surface area (TPSA) is 49.4 Å². The molecule has 0 radical (unpaired) electrons. The van der Waals surface area contributed by atoms with Gasteiger partial charge in [-0.15, -0.1) is 12.4 Å². The first-order chi connectivity index (χ1) is 8.96. The minimum Gasteiger partial charge on any atom is -0.318 e. The average molecular weight is 319 g/mol. The van der Waals surface area contributed by atoms with Gasteiger partial charge in [0, 0.05) is 19.1 Å². The molecule has 1 aliphatic rings. The average Bonchev–Trinajstić information content (AvgIpc) is 2.78. The van der Waals surface area contributed by atoms with Gasteiger partial charge in [-0.25, -0.2) is 8.42 Å². The minimum atomic E-state index is -3.36. The normalized spacial score (nSPS) is 19.9. The van der Waals surface area contributed by atoms with Crippen molar-refractivity contribution < 1.29 is 8.42 Å². The van der Waals surface area contributed by atoms with E-state index in [-0.39, 0.29) is 18.4 Å². The maximum atomic E-state index is 12.7. The van der Waals surface area contributed by atoms with Gasteiger partial charge >= 0.3 is 0 Å². The quantitative estimate of drug-likeness (QED) is 0.925. The summed E-state index contributed by atoms with van der Waals surface area (Å²) in [6, 6.07) is 5.60. The van der Waals surface area contributed by atoms with E-state index in [1.54, 1.807) is 10.4 Å². The number of likely N-dealkylation sites (N-methyl/N-ethyl adjacent to an activating group) is 1. The summed E-state index contributed by atoms with van der Waals surface area (Å²) in [5.41, 5.74) is 1.92. The van der Waals surface area contributed by atoms with Crippen molar-refractivity contribution in [2.45, 2.75) is 37.6 Å². The third kappa shape index (κ3) is 3.34. The van der Waals surface area contributed by atoms with Crippen LogP contribution in [-0.2, 0) is 10.0 Å². The van der Waals surface area contributed by atoms with Crippen LogP contribution in [-0.4, -0.2) is 38.9 Å². The van der Waals surface area contributed by atoms with E-state index < -0.39 is 10.0 Å². The molecule has 1 unspecified atom stereocenters. The first-order valence-electron chi connectivity index (χ1n) is 6.70. The second-order valence-electron chi connectivity index (χ2n) is 5.24. The van der Waals surface area contributed by atoms with Crippen LogP contribution in [0.3, 0.4) is 0 Å². The number of aryl methyl sites for hydroxylation is 2. The highest BCUT2D eigenvalue weighted by molar-refractivity contribution is 7.89. The zero-order valence-electron chi connectivity index (χ0n) is 12.2. The van der Waals surface area contributed by atoms with E-state index in [9.17, 15) is 8.42 Å². The molecule has 114 valence electrons. The maximum absolute atomic E-state index is 12.7. The summed E-state index contributed by atoms with van der Waals surface area (Å²) < 4.78 is 27.2. The summed E-state index contributed by atoms with van der Waals surface area (Å²) in [5.74, 6) is 0. The van der Waals surface area contributed by atoms with Gasteiger partial charge in [-0.1, -0.05) is 17.7 Å². The zero-order valence-corrected chi connectivity index (χ0v) is 13.9. The molecule has 0 saturated carbocycles. The van der Waals surface area contributed by atoms with Crippen LogP contribution in [0.5, 0.6) is 0 Å². The maximum Gasteiger partial charge on any atom is 0.243 e. The summed E-state index contributed by atoms with van der Waals surface area (Å²) in [4.78, 5) is 0.445. The Labute approximate surface area is 128 Å². The first-order valence-corrected chi connectivity index (χ1v) is 8.14. The van der Waals surface area contributed by atoms with Crippen LogP contribution in [0.15, 0.2) is 23.1 Å². The molecule has 6 heteroatoms. The van der Waals surface area contributed by atoms with Crippen LogP contribution >= 0.6 is 12.4 Å². The molecule has 2 rings (SSSR count).